The summed E-state index contributed by atoms with van der Waals surface area (Å²) in [5, 5.41) is 2.97. The first-order valence-electron chi connectivity index (χ1n) is 5.41. The largest absolute Gasteiger partial charge is 0.355 e. The van der Waals surface area contributed by atoms with E-state index in [1.54, 1.807) is 0 Å². The molecule has 0 radical (unpaired) electrons. The lowest BCUT2D eigenvalue weighted by atomic mass is 9.87. The van der Waals surface area contributed by atoms with Crippen LogP contribution in [0.15, 0.2) is 48.5 Å². The number of halogens is 1. The Bertz CT molecular complexity index is 549. The van der Waals surface area contributed by atoms with Crippen LogP contribution in [0.2, 0.25) is 0 Å². The molecule has 17 heavy (non-hydrogen) atoms. The van der Waals surface area contributed by atoms with Crippen LogP contribution in [-0.2, 0) is 4.79 Å². The lowest BCUT2D eigenvalue weighted by molar-refractivity contribution is -0.112. The van der Waals surface area contributed by atoms with Crippen LogP contribution in [-0.4, -0.2) is 5.24 Å². The number of carbonyl (C=O) groups is 1. The summed E-state index contributed by atoms with van der Waals surface area (Å²) in [6.45, 7) is 0. The quantitative estimate of drug-likeness (QED) is 0.775. The number of rotatable bonds is 1. The average Bonchev–Trinajstić information content (AvgIpc) is 2.35. The minimum atomic E-state index is -0.370. The zero-order valence-electron chi connectivity index (χ0n) is 8.98. The van der Waals surface area contributed by atoms with Crippen LogP contribution in [0.25, 0.3) is 0 Å². The van der Waals surface area contributed by atoms with E-state index in [0.29, 0.717) is 0 Å². The van der Waals surface area contributed by atoms with E-state index in [4.69, 9.17) is 11.6 Å². The van der Waals surface area contributed by atoms with Crippen molar-refractivity contribution in [1.82, 2.24) is 0 Å². The highest BCUT2D eigenvalue weighted by Crippen LogP contribution is 2.41. The second-order valence-electron chi connectivity index (χ2n) is 4.04. The van der Waals surface area contributed by atoms with Gasteiger partial charge in [0.15, 0.2) is 0 Å². The van der Waals surface area contributed by atoms with Crippen molar-refractivity contribution in [1.29, 1.82) is 0 Å². The first-order chi connectivity index (χ1) is 8.27. The van der Waals surface area contributed by atoms with Crippen LogP contribution >= 0.6 is 11.6 Å². The summed E-state index contributed by atoms with van der Waals surface area (Å²) in [7, 11) is 0. The minimum Gasteiger partial charge on any atom is -0.355 e. The molecule has 0 saturated heterocycles. The van der Waals surface area contributed by atoms with Crippen molar-refractivity contribution in [2.24, 2.45) is 0 Å². The van der Waals surface area contributed by atoms with E-state index in [-0.39, 0.29) is 11.2 Å². The highest BCUT2D eigenvalue weighted by Gasteiger charge is 2.29. The Labute approximate surface area is 104 Å². The van der Waals surface area contributed by atoms with E-state index in [0.717, 1.165) is 22.5 Å². The molecule has 0 atom stereocenters. The molecule has 0 aromatic heterocycles. The molecule has 1 N–H and O–H groups in total. The van der Waals surface area contributed by atoms with Gasteiger partial charge in [0.2, 0.25) is 5.24 Å². The lowest BCUT2D eigenvalue weighted by Gasteiger charge is -2.26. The van der Waals surface area contributed by atoms with Crippen molar-refractivity contribution in [3.8, 4) is 0 Å². The second-order valence-corrected chi connectivity index (χ2v) is 4.41. The molecule has 0 spiro atoms. The van der Waals surface area contributed by atoms with Crippen molar-refractivity contribution < 1.29 is 4.79 Å². The van der Waals surface area contributed by atoms with Gasteiger partial charge in [-0.25, -0.2) is 0 Å². The van der Waals surface area contributed by atoms with Crippen molar-refractivity contribution in [3.05, 3.63) is 59.7 Å². The van der Waals surface area contributed by atoms with Crippen LogP contribution < -0.4 is 5.32 Å². The number of benzene rings is 2. The number of para-hydroxylation sites is 2. The fourth-order valence-electron chi connectivity index (χ4n) is 2.28. The zero-order chi connectivity index (χ0) is 11.8. The molecular formula is C14H10ClNO. The fraction of sp³-hybridized carbons (Fsp3) is 0.0714. The van der Waals surface area contributed by atoms with Gasteiger partial charge in [0.05, 0.1) is 5.92 Å². The summed E-state index contributed by atoms with van der Waals surface area (Å²) in [4.78, 5) is 11.7. The number of fused-ring (bicyclic) bond motifs is 2. The van der Waals surface area contributed by atoms with Gasteiger partial charge in [0.25, 0.3) is 0 Å². The zero-order valence-corrected chi connectivity index (χ0v) is 9.74. The van der Waals surface area contributed by atoms with Gasteiger partial charge in [-0.2, -0.15) is 0 Å². The van der Waals surface area contributed by atoms with Crippen LogP contribution in [0, 0.1) is 0 Å². The predicted octanol–water partition coefficient (Wildman–Crippen LogP) is 3.64. The van der Waals surface area contributed by atoms with Gasteiger partial charge in [0, 0.05) is 11.4 Å². The molecule has 0 amide bonds. The molecule has 1 aliphatic rings. The van der Waals surface area contributed by atoms with E-state index in [2.05, 4.69) is 5.32 Å². The summed E-state index contributed by atoms with van der Waals surface area (Å²) < 4.78 is 0. The third-order valence-electron chi connectivity index (χ3n) is 3.04. The van der Waals surface area contributed by atoms with Crippen molar-refractivity contribution >= 4 is 28.2 Å². The first kappa shape index (κ1) is 10.4. The minimum absolute atomic E-state index is 0.341. The van der Waals surface area contributed by atoms with Gasteiger partial charge in [-0.1, -0.05) is 36.4 Å². The Balaban J connectivity index is 2.24. The van der Waals surface area contributed by atoms with Crippen LogP contribution in [0.1, 0.15) is 17.0 Å². The van der Waals surface area contributed by atoms with Crippen LogP contribution in [0.5, 0.6) is 0 Å². The smallest absolute Gasteiger partial charge is 0.233 e. The Morgan fingerprint density at radius 1 is 0.941 bits per heavy atom. The number of hydrogen-bond donors (Lipinski definition) is 1. The summed E-state index contributed by atoms with van der Waals surface area (Å²) >= 11 is 5.75. The summed E-state index contributed by atoms with van der Waals surface area (Å²) in [5.74, 6) is -0.370. The van der Waals surface area contributed by atoms with Crippen LogP contribution in [0.3, 0.4) is 0 Å². The maximum Gasteiger partial charge on any atom is 0.233 e. The predicted molar refractivity (Wildman–Crippen MR) is 68.9 cm³/mol. The number of anilines is 2. The number of carbonyl (C=O) groups excluding carboxylic acids is 1. The highest BCUT2D eigenvalue weighted by atomic mass is 35.5. The molecule has 1 aliphatic heterocycles. The van der Waals surface area contributed by atoms with E-state index in [1.165, 1.54) is 0 Å². The summed E-state index contributed by atoms with van der Waals surface area (Å²) in [5.41, 5.74) is 3.77. The van der Waals surface area contributed by atoms with Crippen molar-refractivity contribution in [2.45, 2.75) is 5.92 Å². The Kier molecular flexibility index (Phi) is 2.37. The van der Waals surface area contributed by atoms with Gasteiger partial charge in [-0.3, -0.25) is 4.79 Å². The van der Waals surface area contributed by atoms with Gasteiger partial charge in [-0.05, 0) is 34.9 Å². The maximum atomic E-state index is 11.7. The molecule has 0 saturated carbocycles. The van der Waals surface area contributed by atoms with E-state index in [9.17, 15) is 4.79 Å². The van der Waals surface area contributed by atoms with E-state index >= 15 is 0 Å². The highest BCUT2D eigenvalue weighted by molar-refractivity contribution is 6.65. The van der Waals surface area contributed by atoms with E-state index in [1.807, 2.05) is 48.5 Å². The topological polar surface area (TPSA) is 29.1 Å². The maximum absolute atomic E-state index is 11.7. The third-order valence-corrected chi connectivity index (χ3v) is 3.26. The molecule has 2 aromatic rings. The molecule has 0 fully saturated rings. The second kappa shape index (κ2) is 3.90. The molecule has 0 unspecified atom stereocenters. The van der Waals surface area contributed by atoms with E-state index < -0.39 is 0 Å². The lowest BCUT2D eigenvalue weighted by Crippen LogP contribution is -2.17. The standard InChI is InChI=1S/C14H10ClNO/c15-14(17)13-9-5-1-3-7-11(9)16-12-8-4-2-6-10(12)13/h1-8,13,16H. The average molecular weight is 244 g/mol. The molecule has 3 heteroatoms. The Morgan fingerprint density at radius 2 is 1.41 bits per heavy atom. The van der Waals surface area contributed by atoms with Gasteiger partial charge >= 0.3 is 0 Å². The fourth-order valence-corrected chi connectivity index (χ4v) is 2.52. The molecular weight excluding hydrogens is 234 g/mol. The molecule has 3 rings (SSSR count). The Hall–Kier alpha value is -1.80. The number of nitrogens with one attached hydrogen (secondary N) is 1. The molecule has 84 valence electrons. The number of hydrogen-bond acceptors (Lipinski definition) is 2. The van der Waals surface area contributed by atoms with Crippen molar-refractivity contribution in [2.75, 3.05) is 5.32 Å². The normalized spacial score (nSPS) is 13.5. The van der Waals surface area contributed by atoms with Crippen molar-refractivity contribution in [3.63, 3.8) is 0 Å². The van der Waals surface area contributed by atoms with Gasteiger partial charge in [0.1, 0.15) is 0 Å². The third kappa shape index (κ3) is 1.61. The van der Waals surface area contributed by atoms with Gasteiger partial charge in [-0.15, -0.1) is 0 Å². The summed E-state index contributed by atoms with van der Waals surface area (Å²) in [6, 6.07) is 15.5. The Morgan fingerprint density at radius 3 is 1.88 bits per heavy atom. The van der Waals surface area contributed by atoms with Gasteiger partial charge < -0.3 is 5.32 Å². The molecule has 1 heterocycles. The van der Waals surface area contributed by atoms with Crippen LogP contribution in [0.4, 0.5) is 11.4 Å². The SMILES string of the molecule is O=C(Cl)C1c2ccccc2Nc2ccccc21. The molecule has 2 aromatic carbocycles. The first-order valence-corrected chi connectivity index (χ1v) is 5.79. The molecule has 0 bridgehead atoms. The molecule has 2 nitrogen and oxygen atoms in total. The molecule has 0 aliphatic carbocycles. The monoisotopic (exact) mass is 243 g/mol. The summed E-state index contributed by atoms with van der Waals surface area (Å²) in [6.07, 6.45) is 0.